The van der Waals surface area contributed by atoms with Crippen LogP contribution in [0.2, 0.25) is 5.02 Å². The number of ether oxygens (including phenoxy) is 2. The number of benzene rings is 1. The minimum absolute atomic E-state index is 0.157. The third kappa shape index (κ3) is 1.95. The highest BCUT2D eigenvalue weighted by Crippen LogP contribution is 2.41. The number of hydrogen-bond donors (Lipinski definition) is 1. The quantitative estimate of drug-likeness (QED) is 0.888. The maximum Gasteiger partial charge on any atom is 0.231 e. The molecule has 3 nitrogen and oxygen atoms in total. The Balaban J connectivity index is 2.41. The maximum atomic E-state index is 14.3. The predicted molar refractivity (Wildman–Crippen MR) is 60.0 cm³/mol. The fourth-order valence-corrected chi connectivity index (χ4v) is 2.09. The average molecular weight is 246 g/mol. The lowest BCUT2D eigenvalue weighted by molar-refractivity contribution is 0.172. The average Bonchev–Trinajstić information content (AvgIpc) is 2.63. The van der Waals surface area contributed by atoms with Crippen LogP contribution in [0.3, 0.4) is 0 Å². The normalized spacial score (nSPS) is 17.2. The Labute approximate surface area is 98.5 Å². The number of fused-ring (bicyclic) bond motifs is 1. The summed E-state index contributed by atoms with van der Waals surface area (Å²) in [5.41, 5.74) is -1.12. The second-order valence-electron chi connectivity index (χ2n) is 3.91. The molecule has 1 atom stereocenters. The van der Waals surface area contributed by atoms with Crippen molar-refractivity contribution in [2.24, 2.45) is 0 Å². The van der Waals surface area contributed by atoms with E-state index in [1.807, 2.05) is 0 Å². The van der Waals surface area contributed by atoms with Crippen LogP contribution in [0, 0.1) is 0 Å². The molecule has 0 bridgehead atoms. The van der Waals surface area contributed by atoms with Gasteiger partial charge in [0, 0.05) is 18.2 Å². The molecule has 1 aliphatic heterocycles. The van der Waals surface area contributed by atoms with Gasteiger partial charge in [-0.2, -0.15) is 0 Å². The highest BCUT2D eigenvalue weighted by atomic mass is 35.5. The van der Waals surface area contributed by atoms with Crippen LogP contribution in [-0.4, -0.2) is 20.4 Å². The SMILES string of the molecule is CNCC(C)(F)c1cc2c(cc1Cl)OCO2. The molecule has 0 spiro atoms. The fourth-order valence-electron chi connectivity index (χ4n) is 1.74. The Morgan fingerprint density at radius 3 is 2.69 bits per heavy atom. The third-order valence-electron chi connectivity index (χ3n) is 2.53. The molecule has 1 unspecified atom stereocenters. The summed E-state index contributed by atoms with van der Waals surface area (Å²) in [5.74, 6) is 1.10. The highest BCUT2D eigenvalue weighted by Gasteiger charge is 2.30. The lowest BCUT2D eigenvalue weighted by atomic mass is 9.97. The van der Waals surface area contributed by atoms with Crippen molar-refractivity contribution in [1.82, 2.24) is 5.32 Å². The monoisotopic (exact) mass is 245 g/mol. The topological polar surface area (TPSA) is 30.5 Å². The van der Waals surface area contributed by atoms with E-state index in [1.54, 1.807) is 19.2 Å². The van der Waals surface area contributed by atoms with Gasteiger partial charge in [0.2, 0.25) is 6.79 Å². The number of halogens is 2. The summed E-state index contributed by atoms with van der Waals surface area (Å²) in [6.07, 6.45) is 0. The van der Waals surface area contributed by atoms with E-state index in [0.29, 0.717) is 22.1 Å². The first kappa shape index (κ1) is 11.5. The zero-order valence-corrected chi connectivity index (χ0v) is 9.90. The molecule has 1 N–H and O–H groups in total. The zero-order chi connectivity index (χ0) is 11.8. The minimum Gasteiger partial charge on any atom is -0.454 e. The molecule has 0 saturated carbocycles. The van der Waals surface area contributed by atoms with Crippen LogP contribution in [-0.2, 0) is 5.67 Å². The van der Waals surface area contributed by atoms with Crippen LogP contribution >= 0.6 is 11.6 Å². The number of hydrogen-bond acceptors (Lipinski definition) is 3. The van der Waals surface area contributed by atoms with Gasteiger partial charge in [-0.05, 0) is 20.0 Å². The summed E-state index contributed by atoms with van der Waals surface area (Å²) in [6.45, 7) is 1.82. The van der Waals surface area contributed by atoms with Crippen LogP contribution in [0.25, 0.3) is 0 Å². The molecule has 2 rings (SSSR count). The molecular weight excluding hydrogens is 233 g/mol. The summed E-state index contributed by atoms with van der Waals surface area (Å²) in [6, 6.07) is 3.19. The molecule has 0 radical (unpaired) electrons. The summed E-state index contributed by atoms with van der Waals surface area (Å²) < 4.78 is 24.7. The molecule has 0 aromatic heterocycles. The second-order valence-corrected chi connectivity index (χ2v) is 4.32. The summed E-state index contributed by atoms with van der Waals surface area (Å²) in [5, 5.41) is 3.15. The van der Waals surface area contributed by atoms with Crippen LogP contribution in [0.1, 0.15) is 12.5 Å². The van der Waals surface area contributed by atoms with Gasteiger partial charge in [-0.15, -0.1) is 0 Å². The van der Waals surface area contributed by atoms with Gasteiger partial charge in [0.25, 0.3) is 0 Å². The van der Waals surface area contributed by atoms with Crippen molar-refractivity contribution in [2.45, 2.75) is 12.6 Å². The van der Waals surface area contributed by atoms with Crippen molar-refractivity contribution in [1.29, 1.82) is 0 Å². The molecule has 5 heteroatoms. The summed E-state index contributed by atoms with van der Waals surface area (Å²) in [4.78, 5) is 0. The number of rotatable bonds is 3. The Hall–Kier alpha value is -1.00. The number of nitrogens with one attached hydrogen (secondary N) is 1. The van der Waals surface area contributed by atoms with Crippen molar-refractivity contribution >= 4 is 11.6 Å². The second kappa shape index (κ2) is 4.11. The van der Waals surface area contributed by atoms with Crippen molar-refractivity contribution in [2.75, 3.05) is 20.4 Å². The summed E-state index contributed by atoms with van der Waals surface area (Å²) in [7, 11) is 1.69. The predicted octanol–water partition coefficient (Wildman–Crippen LogP) is 2.47. The number of alkyl halides is 1. The summed E-state index contributed by atoms with van der Waals surface area (Å²) >= 11 is 6.02. The molecule has 1 aromatic carbocycles. The highest BCUT2D eigenvalue weighted by molar-refractivity contribution is 6.31. The van der Waals surface area contributed by atoms with Crippen molar-refractivity contribution in [3.8, 4) is 11.5 Å². The van der Waals surface area contributed by atoms with Gasteiger partial charge < -0.3 is 14.8 Å². The third-order valence-corrected chi connectivity index (χ3v) is 2.85. The van der Waals surface area contributed by atoms with E-state index in [0.717, 1.165) is 0 Å². The van der Waals surface area contributed by atoms with Crippen molar-refractivity contribution < 1.29 is 13.9 Å². The molecule has 0 amide bonds. The van der Waals surface area contributed by atoms with E-state index in [2.05, 4.69) is 5.32 Å². The van der Waals surface area contributed by atoms with Gasteiger partial charge in [-0.3, -0.25) is 0 Å². The zero-order valence-electron chi connectivity index (χ0n) is 9.14. The molecule has 0 fully saturated rings. The van der Waals surface area contributed by atoms with Gasteiger partial charge in [0.05, 0.1) is 5.02 Å². The van der Waals surface area contributed by atoms with Gasteiger partial charge in [-0.25, -0.2) is 4.39 Å². The number of likely N-dealkylation sites (N-methyl/N-ethyl adjacent to an activating group) is 1. The first-order valence-corrected chi connectivity index (χ1v) is 5.35. The van der Waals surface area contributed by atoms with Crippen molar-refractivity contribution in [3.05, 3.63) is 22.7 Å². The molecule has 1 aromatic rings. The lowest BCUT2D eigenvalue weighted by Gasteiger charge is -2.22. The van der Waals surface area contributed by atoms with Gasteiger partial charge >= 0.3 is 0 Å². The van der Waals surface area contributed by atoms with Crippen LogP contribution in [0.5, 0.6) is 11.5 Å². The van der Waals surface area contributed by atoms with E-state index in [9.17, 15) is 4.39 Å². The Morgan fingerprint density at radius 1 is 1.44 bits per heavy atom. The van der Waals surface area contributed by atoms with E-state index in [1.165, 1.54) is 6.92 Å². The Morgan fingerprint density at radius 2 is 2.06 bits per heavy atom. The van der Waals surface area contributed by atoms with Gasteiger partial charge in [0.1, 0.15) is 5.67 Å². The van der Waals surface area contributed by atoms with E-state index in [4.69, 9.17) is 21.1 Å². The molecular formula is C11H13ClFNO2. The lowest BCUT2D eigenvalue weighted by Crippen LogP contribution is -2.29. The van der Waals surface area contributed by atoms with Crippen LogP contribution in [0.15, 0.2) is 12.1 Å². The van der Waals surface area contributed by atoms with Crippen LogP contribution in [0.4, 0.5) is 4.39 Å². The van der Waals surface area contributed by atoms with Crippen molar-refractivity contribution in [3.63, 3.8) is 0 Å². The molecule has 0 aliphatic carbocycles. The Bertz CT molecular complexity index is 409. The fraction of sp³-hybridized carbons (Fsp3) is 0.455. The molecule has 16 heavy (non-hydrogen) atoms. The molecule has 1 heterocycles. The molecule has 0 saturated heterocycles. The first-order chi connectivity index (χ1) is 7.54. The van der Waals surface area contributed by atoms with Gasteiger partial charge in [-0.1, -0.05) is 11.6 Å². The van der Waals surface area contributed by atoms with E-state index < -0.39 is 5.67 Å². The Kier molecular flexibility index (Phi) is 2.95. The molecule has 88 valence electrons. The minimum atomic E-state index is -1.53. The van der Waals surface area contributed by atoms with E-state index >= 15 is 0 Å². The molecule has 1 aliphatic rings. The van der Waals surface area contributed by atoms with Crippen LogP contribution < -0.4 is 14.8 Å². The standard InChI is InChI=1S/C11H13ClFNO2/c1-11(13,5-14-2)7-3-9-10(4-8(7)12)16-6-15-9/h3-4,14H,5-6H2,1-2H3. The smallest absolute Gasteiger partial charge is 0.231 e. The largest absolute Gasteiger partial charge is 0.454 e. The van der Waals surface area contributed by atoms with Gasteiger partial charge in [0.15, 0.2) is 11.5 Å². The van der Waals surface area contributed by atoms with E-state index in [-0.39, 0.29) is 13.3 Å². The maximum absolute atomic E-state index is 14.3. The first-order valence-electron chi connectivity index (χ1n) is 4.98.